The number of hydrogen-bond donors (Lipinski definition) is 1. The van der Waals surface area contributed by atoms with Crippen molar-refractivity contribution in [2.45, 2.75) is 46.7 Å². The fourth-order valence-corrected chi connectivity index (χ4v) is 2.99. The van der Waals surface area contributed by atoms with Crippen molar-refractivity contribution < 1.29 is 0 Å². The van der Waals surface area contributed by atoms with Gasteiger partial charge in [-0.05, 0) is 27.2 Å². The maximum atomic E-state index is 4.48. The Balaban J connectivity index is 2.02. The second-order valence-electron chi connectivity index (χ2n) is 4.89. The standard InChI is InChI=1S/C14H22N4S/c1-6-12-7-16-14(19-12)10(3)15-8-13-9(2)17-18(5)11(13)4/h7,10,15H,6,8H2,1-5H3. The number of rotatable bonds is 5. The SMILES string of the molecule is CCc1cnc(C(C)NCc2c(C)nn(C)c2C)s1. The fourth-order valence-electron chi connectivity index (χ4n) is 2.10. The Bertz CT molecular complexity index is 556. The van der Waals surface area contributed by atoms with Gasteiger partial charge in [0, 0.05) is 35.9 Å². The number of thiazole rings is 1. The lowest BCUT2D eigenvalue weighted by Crippen LogP contribution is -2.18. The van der Waals surface area contributed by atoms with Crippen molar-refractivity contribution in [3.05, 3.63) is 33.0 Å². The van der Waals surface area contributed by atoms with Crippen molar-refractivity contribution in [2.75, 3.05) is 0 Å². The zero-order valence-corrected chi connectivity index (χ0v) is 13.1. The Morgan fingerprint density at radius 1 is 1.42 bits per heavy atom. The van der Waals surface area contributed by atoms with Gasteiger partial charge in [0.2, 0.25) is 0 Å². The van der Waals surface area contributed by atoms with Crippen molar-refractivity contribution in [3.8, 4) is 0 Å². The molecule has 2 rings (SSSR count). The lowest BCUT2D eigenvalue weighted by molar-refractivity contribution is 0.569. The third kappa shape index (κ3) is 3.04. The van der Waals surface area contributed by atoms with Crippen molar-refractivity contribution in [2.24, 2.45) is 7.05 Å². The number of aryl methyl sites for hydroxylation is 3. The first-order valence-electron chi connectivity index (χ1n) is 6.70. The Morgan fingerprint density at radius 2 is 2.16 bits per heavy atom. The monoisotopic (exact) mass is 278 g/mol. The highest BCUT2D eigenvalue weighted by molar-refractivity contribution is 7.11. The molecule has 5 heteroatoms. The van der Waals surface area contributed by atoms with Gasteiger partial charge in [0.1, 0.15) is 5.01 Å². The first-order chi connectivity index (χ1) is 9.02. The molecule has 104 valence electrons. The first-order valence-corrected chi connectivity index (χ1v) is 7.51. The van der Waals surface area contributed by atoms with Gasteiger partial charge in [0.25, 0.3) is 0 Å². The maximum Gasteiger partial charge on any atom is 0.109 e. The molecule has 19 heavy (non-hydrogen) atoms. The zero-order valence-electron chi connectivity index (χ0n) is 12.3. The van der Waals surface area contributed by atoms with E-state index in [9.17, 15) is 0 Å². The molecular formula is C14H22N4S. The van der Waals surface area contributed by atoms with Gasteiger partial charge in [-0.3, -0.25) is 4.68 Å². The van der Waals surface area contributed by atoms with Crippen LogP contribution in [0.3, 0.4) is 0 Å². The van der Waals surface area contributed by atoms with Gasteiger partial charge in [-0.25, -0.2) is 4.98 Å². The van der Waals surface area contributed by atoms with Crippen LogP contribution in [0.1, 0.15) is 46.7 Å². The minimum Gasteiger partial charge on any atom is -0.304 e. The molecule has 0 bridgehead atoms. The molecule has 0 aliphatic heterocycles. The summed E-state index contributed by atoms with van der Waals surface area (Å²) in [6.45, 7) is 9.35. The fraction of sp³-hybridized carbons (Fsp3) is 0.571. The van der Waals surface area contributed by atoms with Gasteiger partial charge < -0.3 is 5.32 Å². The van der Waals surface area contributed by atoms with E-state index in [0.717, 1.165) is 23.7 Å². The molecule has 0 spiro atoms. The van der Waals surface area contributed by atoms with E-state index in [4.69, 9.17) is 0 Å². The average Bonchev–Trinajstić information content (AvgIpc) is 2.94. The lowest BCUT2D eigenvalue weighted by Gasteiger charge is -2.11. The number of aromatic nitrogens is 3. The summed E-state index contributed by atoms with van der Waals surface area (Å²) in [5, 5.41) is 9.15. The van der Waals surface area contributed by atoms with Crippen LogP contribution >= 0.6 is 11.3 Å². The van der Waals surface area contributed by atoms with Gasteiger partial charge >= 0.3 is 0 Å². The predicted octanol–water partition coefficient (Wildman–Crippen LogP) is 2.91. The van der Waals surface area contributed by atoms with Crippen LogP contribution in [-0.4, -0.2) is 14.8 Å². The third-order valence-electron chi connectivity index (χ3n) is 3.53. The summed E-state index contributed by atoms with van der Waals surface area (Å²) < 4.78 is 1.94. The number of nitrogens with zero attached hydrogens (tertiary/aromatic N) is 3. The van der Waals surface area contributed by atoms with Crippen LogP contribution < -0.4 is 5.32 Å². The average molecular weight is 278 g/mol. The van der Waals surface area contributed by atoms with Crippen LogP contribution in [0.5, 0.6) is 0 Å². The molecule has 0 aliphatic rings. The summed E-state index contributed by atoms with van der Waals surface area (Å²) in [5.41, 5.74) is 3.63. The third-order valence-corrected chi connectivity index (χ3v) is 4.86. The minimum absolute atomic E-state index is 0.282. The number of nitrogens with one attached hydrogen (secondary N) is 1. The van der Waals surface area contributed by atoms with E-state index in [1.54, 1.807) is 11.3 Å². The Hall–Kier alpha value is -1.20. The van der Waals surface area contributed by atoms with E-state index in [2.05, 4.69) is 43.1 Å². The topological polar surface area (TPSA) is 42.7 Å². The molecule has 0 saturated carbocycles. The second kappa shape index (κ2) is 5.84. The van der Waals surface area contributed by atoms with Gasteiger partial charge in [0.05, 0.1) is 11.7 Å². The molecule has 0 saturated heterocycles. The maximum absolute atomic E-state index is 4.48. The van der Waals surface area contributed by atoms with E-state index in [1.165, 1.54) is 16.1 Å². The predicted molar refractivity (Wildman–Crippen MR) is 79.4 cm³/mol. The van der Waals surface area contributed by atoms with E-state index in [-0.39, 0.29) is 6.04 Å². The largest absolute Gasteiger partial charge is 0.304 e. The molecule has 2 aromatic heterocycles. The van der Waals surface area contributed by atoms with Gasteiger partial charge in [-0.1, -0.05) is 6.92 Å². The van der Waals surface area contributed by atoms with E-state index in [1.807, 2.05) is 17.9 Å². The molecule has 0 aliphatic carbocycles. The van der Waals surface area contributed by atoms with Gasteiger partial charge in [0.15, 0.2) is 0 Å². The van der Waals surface area contributed by atoms with Gasteiger partial charge in [-0.15, -0.1) is 11.3 Å². The minimum atomic E-state index is 0.282. The summed E-state index contributed by atoms with van der Waals surface area (Å²) in [5.74, 6) is 0. The normalized spacial score (nSPS) is 12.9. The highest BCUT2D eigenvalue weighted by Gasteiger charge is 2.13. The van der Waals surface area contributed by atoms with Crippen molar-refractivity contribution in [1.82, 2.24) is 20.1 Å². The van der Waals surface area contributed by atoms with Crippen molar-refractivity contribution in [1.29, 1.82) is 0 Å². The summed E-state index contributed by atoms with van der Waals surface area (Å²) in [6, 6.07) is 0.282. The van der Waals surface area contributed by atoms with Crippen LogP contribution in [0.4, 0.5) is 0 Å². The molecule has 2 heterocycles. The summed E-state index contributed by atoms with van der Waals surface area (Å²) in [4.78, 5) is 5.83. The van der Waals surface area contributed by atoms with Crippen molar-refractivity contribution >= 4 is 11.3 Å². The second-order valence-corrected chi connectivity index (χ2v) is 6.04. The van der Waals surface area contributed by atoms with Crippen LogP contribution in [0, 0.1) is 13.8 Å². The highest BCUT2D eigenvalue weighted by atomic mass is 32.1. The molecule has 1 N–H and O–H groups in total. The molecule has 0 amide bonds. The molecule has 4 nitrogen and oxygen atoms in total. The highest BCUT2D eigenvalue weighted by Crippen LogP contribution is 2.21. The molecule has 0 radical (unpaired) electrons. The van der Waals surface area contributed by atoms with Crippen LogP contribution in [0.15, 0.2) is 6.20 Å². The molecular weight excluding hydrogens is 256 g/mol. The van der Waals surface area contributed by atoms with E-state index < -0.39 is 0 Å². The smallest absolute Gasteiger partial charge is 0.109 e. The van der Waals surface area contributed by atoms with Crippen LogP contribution in [-0.2, 0) is 20.0 Å². The molecule has 2 aromatic rings. The molecule has 1 atom stereocenters. The Morgan fingerprint density at radius 3 is 2.68 bits per heavy atom. The van der Waals surface area contributed by atoms with E-state index in [0.29, 0.717) is 0 Å². The first kappa shape index (κ1) is 14.2. The zero-order chi connectivity index (χ0) is 14.0. The van der Waals surface area contributed by atoms with E-state index >= 15 is 0 Å². The summed E-state index contributed by atoms with van der Waals surface area (Å²) >= 11 is 1.80. The van der Waals surface area contributed by atoms with Crippen LogP contribution in [0.25, 0.3) is 0 Å². The Kier molecular flexibility index (Phi) is 4.37. The summed E-state index contributed by atoms with van der Waals surface area (Å²) in [6.07, 6.45) is 3.05. The van der Waals surface area contributed by atoms with Crippen molar-refractivity contribution in [3.63, 3.8) is 0 Å². The summed E-state index contributed by atoms with van der Waals surface area (Å²) in [7, 11) is 1.99. The molecule has 0 aromatic carbocycles. The molecule has 1 unspecified atom stereocenters. The molecule has 0 fully saturated rings. The van der Waals surface area contributed by atoms with Crippen LogP contribution in [0.2, 0.25) is 0 Å². The quantitative estimate of drug-likeness (QED) is 0.914. The number of hydrogen-bond acceptors (Lipinski definition) is 4. The van der Waals surface area contributed by atoms with Gasteiger partial charge in [-0.2, -0.15) is 5.10 Å². The lowest BCUT2D eigenvalue weighted by atomic mass is 10.2. The Labute approximate surface area is 118 Å².